The fraction of sp³-hybridized carbons (Fsp3) is 0.167. The monoisotopic (exact) mass is 222 g/mol. The third-order valence-electron chi connectivity index (χ3n) is 1.12. The Morgan fingerprint density at radius 3 is 2.55 bits per heavy atom. The van der Waals surface area contributed by atoms with E-state index >= 15 is 0 Å². The van der Waals surface area contributed by atoms with Gasteiger partial charge in [-0.25, -0.2) is 8.78 Å². The molecule has 1 aromatic heterocycles. The normalized spacial score (nSPS) is 10.2. The minimum atomic E-state index is -2.50. The maximum atomic E-state index is 11.9. The Morgan fingerprint density at radius 2 is 2.18 bits per heavy atom. The lowest BCUT2D eigenvalue weighted by Crippen LogP contribution is -1.89. The molecule has 0 aromatic carbocycles. The first-order valence-electron chi connectivity index (χ1n) is 2.85. The Hall–Kier alpha value is -0.710. The maximum Gasteiger partial charge on any atom is 0.280 e. The van der Waals surface area contributed by atoms with Crippen molar-refractivity contribution in [3.8, 4) is 0 Å². The second-order valence-corrected chi connectivity index (χ2v) is 2.26. The Kier molecular flexibility index (Phi) is 2.76. The molecule has 1 rings (SSSR count). The molecule has 0 unspecified atom stereocenters. The molecule has 0 saturated heterocycles. The van der Waals surface area contributed by atoms with Crippen molar-refractivity contribution in [3.63, 3.8) is 0 Å². The van der Waals surface area contributed by atoms with Crippen LogP contribution in [0, 0.1) is 0 Å². The van der Waals surface area contributed by atoms with Gasteiger partial charge >= 0.3 is 0 Å². The van der Waals surface area contributed by atoms with E-state index in [9.17, 15) is 8.78 Å². The lowest BCUT2D eigenvalue weighted by molar-refractivity contribution is 0.146. The van der Waals surface area contributed by atoms with Gasteiger partial charge in [0.1, 0.15) is 5.69 Å². The number of aromatic nitrogens is 1. The van der Waals surface area contributed by atoms with Gasteiger partial charge in [0, 0.05) is 16.1 Å². The van der Waals surface area contributed by atoms with Crippen molar-refractivity contribution in [1.29, 1.82) is 0 Å². The molecule has 0 aliphatic rings. The van der Waals surface area contributed by atoms with Crippen LogP contribution in [-0.4, -0.2) is 4.98 Å². The van der Waals surface area contributed by atoms with Crippen LogP contribution in [0.1, 0.15) is 12.1 Å². The number of nitrogens with zero attached hydrogens (tertiary/aromatic N) is 1. The summed E-state index contributed by atoms with van der Waals surface area (Å²) in [6, 6.07) is 2.79. The van der Waals surface area contributed by atoms with Crippen LogP contribution in [0.3, 0.4) is 0 Å². The third kappa shape index (κ3) is 2.11. The van der Waals surface area contributed by atoms with Gasteiger partial charge in [-0.05, 0) is 12.1 Å². The van der Waals surface area contributed by atoms with E-state index in [1.54, 1.807) is 0 Å². The predicted octanol–water partition coefficient (Wildman–Crippen LogP) is 2.74. The van der Waals surface area contributed by atoms with Crippen molar-refractivity contribution in [2.75, 3.05) is 4.34 Å². The summed E-state index contributed by atoms with van der Waals surface area (Å²) in [5.74, 6) is 0. The van der Waals surface area contributed by atoms with E-state index in [2.05, 4.69) is 25.5 Å². The summed E-state index contributed by atoms with van der Waals surface area (Å²) in [4.78, 5) is 3.51. The van der Waals surface area contributed by atoms with E-state index in [0.29, 0.717) is 5.69 Å². The van der Waals surface area contributed by atoms with E-state index in [1.165, 1.54) is 18.3 Å². The van der Waals surface area contributed by atoms with E-state index in [0.717, 1.165) is 0 Å². The first kappa shape index (κ1) is 8.39. The molecular weight excluding hydrogens is 218 g/mol. The lowest BCUT2D eigenvalue weighted by atomic mass is 10.3. The van der Waals surface area contributed by atoms with Crippen LogP contribution in [0.5, 0.6) is 0 Å². The SMILES string of the molecule is FC(F)c1ccc(NBr)cn1. The van der Waals surface area contributed by atoms with Gasteiger partial charge in [-0.2, -0.15) is 0 Å². The highest BCUT2D eigenvalue weighted by Gasteiger charge is 2.06. The maximum absolute atomic E-state index is 11.9. The quantitative estimate of drug-likeness (QED) is 0.779. The fourth-order valence-electron chi connectivity index (χ4n) is 0.590. The Labute approximate surface area is 71.0 Å². The summed E-state index contributed by atoms with van der Waals surface area (Å²) in [6.45, 7) is 0. The summed E-state index contributed by atoms with van der Waals surface area (Å²) < 4.78 is 26.4. The molecule has 0 saturated carbocycles. The van der Waals surface area contributed by atoms with Gasteiger partial charge in [-0.3, -0.25) is 4.98 Å². The van der Waals surface area contributed by atoms with Crippen LogP contribution in [0.15, 0.2) is 18.3 Å². The molecule has 5 heteroatoms. The molecule has 0 radical (unpaired) electrons. The van der Waals surface area contributed by atoms with Gasteiger partial charge in [0.05, 0.1) is 11.9 Å². The second-order valence-electron chi connectivity index (χ2n) is 1.87. The lowest BCUT2D eigenvalue weighted by Gasteiger charge is -1.99. The average molecular weight is 223 g/mol. The molecule has 1 heterocycles. The third-order valence-corrected chi connectivity index (χ3v) is 1.58. The number of hydrogen-bond donors (Lipinski definition) is 1. The molecule has 60 valence electrons. The van der Waals surface area contributed by atoms with Gasteiger partial charge in [0.2, 0.25) is 0 Å². The van der Waals surface area contributed by atoms with Crippen LogP contribution >= 0.6 is 16.1 Å². The number of nitrogens with one attached hydrogen (secondary N) is 1. The Balaban J connectivity index is 2.83. The summed E-state index contributed by atoms with van der Waals surface area (Å²) >= 11 is 2.94. The molecule has 0 bridgehead atoms. The minimum absolute atomic E-state index is 0.212. The van der Waals surface area contributed by atoms with Crippen molar-refractivity contribution >= 4 is 21.8 Å². The predicted molar refractivity (Wildman–Crippen MR) is 41.7 cm³/mol. The van der Waals surface area contributed by atoms with Gasteiger partial charge in [-0.1, -0.05) is 0 Å². The Bertz CT molecular complexity index is 225. The van der Waals surface area contributed by atoms with Crippen LogP contribution < -0.4 is 4.34 Å². The minimum Gasteiger partial charge on any atom is -0.321 e. The van der Waals surface area contributed by atoms with Crippen molar-refractivity contribution in [1.82, 2.24) is 4.98 Å². The summed E-state index contributed by atoms with van der Waals surface area (Å²) in [7, 11) is 0. The molecule has 0 atom stereocenters. The highest BCUT2D eigenvalue weighted by atomic mass is 79.9. The molecule has 2 nitrogen and oxygen atoms in total. The number of pyridine rings is 1. The Morgan fingerprint density at radius 1 is 1.45 bits per heavy atom. The highest BCUT2D eigenvalue weighted by Crippen LogP contribution is 2.17. The molecule has 0 amide bonds. The summed E-state index contributed by atoms with van der Waals surface area (Å²) in [5.41, 5.74) is 0.436. The van der Waals surface area contributed by atoms with Crippen LogP contribution in [0.4, 0.5) is 14.5 Å². The standard InChI is InChI=1S/C6H5BrF2N2/c7-11-4-1-2-5(6(8)9)10-3-4/h1-3,6,11H. The number of alkyl halides is 2. The summed E-state index contributed by atoms with van der Waals surface area (Å²) in [5, 5.41) is 0. The van der Waals surface area contributed by atoms with Crippen LogP contribution in [0.25, 0.3) is 0 Å². The smallest absolute Gasteiger partial charge is 0.280 e. The molecule has 0 aliphatic carbocycles. The van der Waals surface area contributed by atoms with Crippen molar-refractivity contribution in [2.45, 2.75) is 6.43 Å². The van der Waals surface area contributed by atoms with Crippen molar-refractivity contribution in [2.24, 2.45) is 0 Å². The zero-order valence-electron chi connectivity index (χ0n) is 5.39. The number of hydrogen-bond acceptors (Lipinski definition) is 2. The van der Waals surface area contributed by atoms with E-state index in [1.807, 2.05) is 0 Å². The van der Waals surface area contributed by atoms with E-state index < -0.39 is 6.43 Å². The number of rotatable bonds is 2. The summed E-state index contributed by atoms with van der Waals surface area (Å²) in [6.07, 6.45) is -1.17. The van der Waals surface area contributed by atoms with Crippen LogP contribution in [-0.2, 0) is 0 Å². The molecule has 0 spiro atoms. The average Bonchev–Trinajstić information content (AvgIpc) is 2.05. The zero-order valence-corrected chi connectivity index (χ0v) is 6.98. The van der Waals surface area contributed by atoms with Gasteiger partial charge in [0.25, 0.3) is 6.43 Å². The topological polar surface area (TPSA) is 24.9 Å². The van der Waals surface area contributed by atoms with E-state index in [4.69, 9.17) is 0 Å². The molecule has 1 N–H and O–H groups in total. The van der Waals surface area contributed by atoms with Crippen molar-refractivity contribution in [3.05, 3.63) is 24.0 Å². The number of anilines is 1. The second kappa shape index (κ2) is 3.61. The van der Waals surface area contributed by atoms with E-state index in [-0.39, 0.29) is 5.69 Å². The fourth-order valence-corrected chi connectivity index (χ4v) is 0.825. The molecular formula is C6H5BrF2N2. The highest BCUT2D eigenvalue weighted by molar-refractivity contribution is 9.10. The molecule has 11 heavy (non-hydrogen) atoms. The molecule has 0 aliphatic heterocycles. The zero-order chi connectivity index (χ0) is 8.27. The van der Waals surface area contributed by atoms with Gasteiger partial charge in [0.15, 0.2) is 0 Å². The molecule has 0 fully saturated rings. The first-order valence-corrected chi connectivity index (χ1v) is 3.64. The number of halogens is 3. The van der Waals surface area contributed by atoms with Gasteiger partial charge < -0.3 is 4.34 Å². The van der Waals surface area contributed by atoms with Crippen molar-refractivity contribution < 1.29 is 8.78 Å². The largest absolute Gasteiger partial charge is 0.321 e. The first-order chi connectivity index (χ1) is 5.24. The van der Waals surface area contributed by atoms with Gasteiger partial charge in [-0.15, -0.1) is 0 Å². The molecule has 1 aromatic rings. The van der Waals surface area contributed by atoms with Crippen LogP contribution in [0.2, 0.25) is 0 Å².